The topological polar surface area (TPSA) is 52.9 Å². The predicted molar refractivity (Wildman–Crippen MR) is 94.2 cm³/mol. The molecule has 0 aromatic heterocycles. The number of aromatic hydroxyl groups is 2. The summed E-state index contributed by atoms with van der Waals surface area (Å²) in [6, 6.07) is 7.66. The van der Waals surface area contributed by atoms with Gasteiger partial charge >= 0.3 is 0 Å². The number of alkyl halides is 1. The van der Waals surface area contributed by atoms with Gasteiger partial charge in [-0.15, -0.1) is 11.6 Å². The van der Waals surface area contributed by atoms with Gasteiger partial charge in [-0.25, -0.2) is 0 Å². The smallest absolute Gasteiger partial charge is 0.165 e. The summed E-state index contributed by atoms with van der Waals surface area (Å²) in [5, 5.41) is 20.8. The number of nitrogens with zero attached hydrogens (tertiary/aromatic N) is 1. The molecule has 4 nitrogen and oxygen atoms in total. The van der Waals surface area contributed by atoms with Gasteiger partial charge in [-0.05, 0) is 53.3 Å². The average molecular weight is 346 g/mol. The molecule has 0 saturated carbocycles. The van der Waals surface area contributed by atoms with Gasteiger partial charge in [-0.2, -0.15) is 0 Å². The van der Waals surface area contributed by atoms with E-state index in [1.807, 2.05) is 12.1 Å². The standard InChI is InChI=1S/C19H20ClNO3/c1-24-16-3-2-11-9-15-17-12(4-6-21(15)7-5-20)8-13(22)10-14(17)18(11)19(16)23/h2-3,8,10,15,22-23H,4-7,9H2,1H3/t15-/m1/s1. The summed E-state index contributed by atoms with van der Waals surface area (Å²) in [6.45, 7) is 1.77. The van der Waals surface area contributed by atoms with E-state index in [9.17, 15) is 10.2 Å². The monoisotopic (exact) mass is 345 g/mol. The molecule has 2 aliphatic rings. The van der Waals surface area contributed by atoms with Crippen LogP contribution in [0, 0.1) is 0 Å². The molecule has 0 radical (unpaired) electrons. The van der Waals surface area contributed by atoms with Crippen LogP contribution >= 0.6 is 11.6 Å². The van der Waals surface area contributed by atoms with E-state index in [2.05, 4.69) is 4.90 Å². The number of methoxy groups -OCH3 is 1. The van der Waals surface area contributed by atoms with Crippen LogP contribution in [0.25, 0.3) is 11.1 Å². The van der Waals surface area contributed by atoms with Crippen LogP contribution in [0.5, 0.6) is 17.2 Å². The second-order valence-electron chi connectivity index (χ2n) is 6.41. The van der Waals surface area contributed by atoms with Crippen LogP contribution in [0.2, 0.25) is 0 Å². The van der Waals surface area contributed by atoms with Crippen LogP contribution in [-0.2, 0) is 12.8 Å². The highest BCUT2D eigenvalue weighted by Crippen LogP contribution is 2.51. The van der Waals surface area contributed by atoms with Gasteiger partial charge in [0.1, 0.15) is 5.75 Å². The first-order valence-electron chi connectivity index (χ1n) is 8.19. The Labute approximate surface area is 146 Å². The van der Waals surface area contributed by atoms with Gasteiger partial charge in [0.2, 0.25) is 0 Å². The number of fused-ring (bicyclic) bond motifs is 2. The van der Waals surface area contributed by atoms with Gasteiger partial charge < -0.3 is 14.9 Å². The Morgan fingerprint density at radius 2 is 2.08 bits per heavy atom. The normalized spacial score (nSPS) is 18.8. The highest BCUT2D eigenvalue weighted by molar-refractivity contribution is 6.18. The lowest BCUT2D eigenvalue weighted by molar-refractivity contribution is 0.193. The Kier molecular flexibility index (Phi) is 3.82. The van der Waals surface area contributed by atoms with Crippen molar-refractivity contribution >= 4 is 11.6 Å². The van der Waals surface area contributed by atoms with Crippen molar-refractivity contribution in [3.8, 4) is 28.4 Å². The summed E-state index contributed by atoms with van der Waals surface area (Å²) in [7, 11) is 1.55. The van der Waals surface area contributed by atoms with Crippen molar-refractivity contribution in [1.82, 2.24) is 4.90 Å². The minimum atomic E-state index is 0.149. The predicted octanol–water partition coefficient (Wildman–Crippen LogP) is 3.47. The van der Waals surface area contributed by atoms with E-state index in [0.29, 0.717) is 11.6 Å². The third-order valence-electron chi connectivity index (χ3n) is 5.19. The van der Waals surface area contributed by atoms with Crippen molar-refractivity contribution in [2.75, 3.05) is 26.1 Å². The minimum absolute atomic E-state index is 0.149. The Morgan fingerprint density at radius 3 is 2.83 bits per heavy atom. The zero-order valence-electron chi connectivity index (χ0n) is 13.6. The van der Waals surface area contributed by atoms with Crippen LogP contribution in [0.4, 0.5) is 0 Å². The van der Waals surface area contributed by atoms with Crippen molar-refractivity contribution in [3.63, 3.8) is 0 Å². The first kappa shape index (κ1) is 15.6. The Hall–Kier alpha value is -1.91. The summed E-state index contributed by atoms with van der Waals surface area (Å²) in [4.78, 5) is 2.40. The minimum Gasteiger partial charge on any atom is -0.508 e. The van der Waals surface area contributed by atoms with Crippen molar-refractivity contribution in [2.45, 2.75) is 18.9 Å². The molecule has 0 saturated heterocycles. The quantitative estimate of drug-likeness (QED) is 0.836. The molecule has 1 heterocycles. The molecule has 0 fully saturated rings. The number of ether oxygens (including phenoxy) is 1. The van der Waals surface area contributed by atoms with Crippen molar-refractivity contribution < 1.29 is 14.9 Å². The molecule has 0 amide bonds. The van der Waals surface area contributed by atoms with Crippen LogP contribution in [-0.4, -0.2) is 41.2 Å². The number of phenols is 2. The van der Waals surface area contributed by atoms with Gasteiger partial charge in [0.05, 0.1) is 7.11 Å². The maximum atomic E-state index is 10.7. The number of hydrogen-bond donors (Lipinski definition) is 2. The molecule has 0 spiro atoms. The molecule has 2 N–H and O–H groups in total. The Bertz CT molecular complexity index is 806. The Morgan fingerprint density at radius 1 is 1.25 bits per heavy atom. The van der Waals surface area contributed by atoms with E-state index in [1.54, 1.807) is 19.2 Å². The summed E-state index contributed by atoms with van der Waals surface area (Å²) >= 11 is 5.99. The summed E-state index contributed by atoms with van der Waals surface area (Å²) in [5.74, 6) is 1.44. The van der Waals surface area contributed by atoms with Crippen LogP contribution < -0.4 is 4.74 Å². The lowest BCUT2D eigenvalue weighted by atomic mass is 9.76. The molecule has 5 heteroatoms. The third kappa shape index (κ3) is 2.25. The molecule has 0 bridgehead atoms. The van der Waals surface area contributed by atoms with Crippen LogP contribution in [0.15, 0.2) is 24.3 Å². The fourth-order valence-corrected chi connectivity index (χ4v) is 4.39. The fraction of sp³-hybridized carbons (Fsp3) is 0.368. The molecule has 0 unspecified atom stereocenters. The van der Waals surface area contributed by atoms with E-state index >= 15 is 0 Å². The molecule has 2 aromatic rings. The molecule has 126 valence electrons. The van der Waals surface area contributed by atoms with E-state index in [0.717, 1.165) is 48.2 Å². The fourth-order valence-electron chi connectivity index (χ4n) is 4.17. The number of phenolic OH excluding ortho intramolecular Hbond substituents is 2. The summed E-state index contributed by atoms with van der Waals surface area (Å²) in [5.41, 5.74) is 5.13. The lowest BCUT2D eigenvalue weighted by Crippen LogP contribution is -2.39. The maximum Gasteiger partial charge on any atom is 0.165 e. The van der Waals surface area contributed by atoms with Crippen LogP contribution in [0.1, 0.15) is 22.7 Å². The number of benzene rings is 2. The number of rotatable bonds is 3. The number of hydrogen-bond acceptors (Lipinski definition) is 4. The van der Waals surface area contributed by atoms with E-state index in [-0.39, 0.29) is 17.5 Å². The van der Waals surface area contributed by atoms with E-state index in [4.69, 9.17) is 16.3 Å². The highest BCUT2D eigenvalue weighted by atomic mass is 35.5. The zero-order chi connectivity index (χ0) is 16.8. The van der Waals surface area contributed by atoms with Crippen LogP contribution in [0.3, 0.4) is 0 Å². The van der Waals surface area contributed by atoms with Gasteiger partial charge in [0.15, 0.2) is 11.5 Å². The highest BCUT2D eigenvalue weighted by Gasteiger charge is 2.36. The van der Waals surface area contributed by atoms with Gasteiger partial charge in [-0.3, -0.25) is 4.90 Å². The average Bonchev–Trinajstić information content (AvgIpc) is 2.57. The van der Waals surface area contributed by atoms with Gasteiger partial charge in [-0.1, -0.05) is 6.07 Å². The number of halogens is 1. The molecular weight excluding hydrogens is 326 g/mol. The molecular formula is C19H20ClNO3. The Balaban J connectivity index is 1.96. The summed E-state index contributed by atoms with van der Waals surface area (Å²) < 4.78 is 5.27. The molecule has 1 aliphatic carbocycles. The zero-order valence-corrected chi connectivity index (χ0v) is 14.3. The van der Waals surface area contributed by atoms with Crippen molar-refractivity contribution in [1.29, 1.82) is 0 Å². The van der Waals surface area contributed by atoms with Crippen molar-refractivity contribution in [3.05, 3.63) is 41.0 Å². The third-order valence-corrected chi connectivity index (χ3v) is 5.36. The SMILES string of the molecule is COc1ccc2c(c1O)-c1cc(O)cc3c1[C@@H](C2)N(CCCl)CC3. The molecule has 24 heavy (non-hydrogen) atoms. The molecule has 4 rings (SSSR count). The van der Waals surface area contributed by atoms with Gasteiger partial charge in [0.25, 0.3) is 0 Å². The lowest BCUT2D eigenvalue weighted by Gasteiger charge is -2.41. The first-order chi connectivity index (χ1) is 11.6. The van der Waals surface area contributed by atoms with E-state index in [1.165, 1.54) is 5.56 Å². The van der Waals surface area contributed by atoms with Crippen molar-refractivity contribution in [2.24, 2.45) is 0 Å². The van der Waals surface area contributed by atoms with E-state index < -0.39 is 0 Å². The molecule has 2 aromatic carbocycles. The second kappa shape index (κ2) is 5.87. The summed E-state index contributed by atoms with van der Waals surface area (Å²) in [6.07, 6.45) is 1.71. The second-order valence-corrected chi connectivity index (χ2v) is 6.79. The largest absolute Gasteiger partial charge is 0.508 e. The molecule has 1 atom stereocenters. The maximum absolute atomic E-state index is 10.7. The van der Waals surface area contributed by atoms with Gasteiger partial charge in [0, 0.05) is 30.6 Å². The molecule has 1 aliphatic heterocycles. The first-order valence-corrected chi connectivity index (χ1v) is 8.72.